The highest BCUT2D eigenvalue weighted by atomic mass is 32.2. The quantitative estimate of drug-likeness (QED) is 0.474. The van der Waals surface area contributed by atoms with E-state index in [1.54, 1.807) is 0 Å². The molecule has 2 amide bonds. The van der Waals surface area contributed by atoms with Crippen molar-refractivity contribution in [3.8, 4) is 0 Å². The van der Waals surface area contributed by atoms with Gasteiger partial charge in [0.15, 0.2) is 0 Å². The maximum absolute atomic E-state index is 11.0. The Labute approximate surface area is 76.3 Å². The molecule has 0 spiro atoms. The average Bonchev–Trinajstić information content (AvgIpc) is 1.82. The van der Waals surface area contributed by atoms with Crippen LogP contribution in [0.2, 0.25) is 0 Å². The van der Waals surface area contributed by atoms with Crippen LogP contribution in [0.25, 0.3) is 0 Å². The largest absolute Gasteiger partial charge is 0.368 e. The molecule has 0 aliphatic carbocycles. The van der Waals surface area contributed by atoms with Gasteiger partial charge in [0.1, 0.15) is 0 Å². The van der Waals surface area contributed by atoms with E-state index in [4.69, 9.17) is 0 Å². The van der Waals surface area contributed by atoms with Gasteiger partial charge in [-0.1, -0.05) is 0 Å². The number of urea groups is 1. The van der Waals surface area contributed by atoms with Gasteiger partial charge in [0, 0.05) is 6.04 Å². The van der Waals surface area contributed by atoms with E-state index >= 15 is 0 Å². The third-order valence-electron chi connectivity index (χ3n) is 1.16. The molecule has 0 atom stereocenters. The molecule has 0 rings (SSSR count). The predicted octanol–water partition coefficient (Wildman–Crippen LogP) is 0.112. The van der Waals surface area contributed by atoms with Crippen molar-refractivity contribution in [1.29, 1.82) is 0 Å². The van der Waals surface area contributed by atoms with Gasteiger partial charge in [-0.25, -0.2) is 22.3 Å². The number of hydrogen-bond acceptors (Lipinski definition) is 4. The molecule has 0 unspecified atom stereocenters. The van der Waals surface area contributed by atoms with Crippen molar-refractivity contribution in [2.24, 2.45) is 4.99 Å². The minimum Gasteiger partial charge on any atom is -0.244 e. The summed E-state index contributed by atoms with van der Waals surface area (Å²) in [7, 11) is -3.67. The summed E-state index contributed by atoms with van der Waals surface area (Å²) in [5.41, 5.74) is 0. The summed E-state index contributed by atoms with van der Waals surface area (Å²) < 4.78 is 22.5. The molecule has 0 aliphatic rings. The van der Waals surface area contributed by atoms with Gasteiger partial charge in [-0.05, 0) is 13.8 Å². The zero-order valence-corrected chi connectivity index (χ0v) is 8.33. The number of isocyanates is 1. The summed E-state index contributed by atoms with van der Waals surface area (Å²) in [5.74, 6) is 0. The Morgan fingerprint density at radius 1 is 1.46 bits per heavy atom. The average molecular weight is 206 g/mol. The topological polar surface area (TPSA) is 83.9 Å². The second kappa shape index (κ2) is 4.15. The van der Waals surface area contributed by atoms with Crippen molar-refractivity contribution >= 4 is 22.1 Å². The molecule has 0 heterocycles. The third-order valence-corrected chi connectivity index (χ3v) is 2.45. The minimum absolute atomic E-state index is 0.512. The summed E-state index contributed by atoms with van der Waals surface area (Å²) in [6, 6.07) is -1.69. The van der Waals surface area contributed by atoms with E-state index in [0.717, 1.165) is 12.3 Å². The summed E-state index contributed by atoms with van der Waals surface area (Å²) >= 11 is 0. The Morgan fingerprint density at radius 2 is 1.92 bits per heavy atom. The molecule has 0 aromatic rings. The number of hydrogen-bond donors (Lipinski definition) is 0. The number of sulfonamides is 1. The first-order valence-corrected chi connectivity index (χ1v) is 5.26. The fourth-order valence-corrected chi connectivity index (χ4v) is 1.92. The van der Waals surface area contributed by atoms with E-state index in [2.05, 4.69) is 4.99 Å². The van der Waals surface area contributed by atoms with Gasteiger partial charge < -0.3 is 0 Å². The zero-order chi connectivity index (χ0) is 10.6. The molecule has 7 heteroatoms. The minimum atomic E-state index is -3.67. The molecular weight excluding hydrogens is 196 g/mol. The highest BCUT2D eigenvalue weighted by Gasteiger charge is 2.25. The van der Waals surface area contributed by atoms with Crippen LogP contribution in [0.1, 0.15) is 13.8 Å². The molecule has 13 heavy (non-hydrogen) atoms. The van der Waals surface area contributed by atoms with Gasteiger partial charge in [0.25, 0.3) is 0 Å². The van der Waals surface area contributed by atoms with Crippen LogP contribution in [0.4, 0.5) is 4.79 Å². The SMILES string of the molecule is CC(C)N(C(=O)N=C=O)S(C)(=O)=O. The zero-order valence-electron chi connectivity index (χ0n) is 7.51. The van der Waals surface area contributed by atoms with Crippen LogP contribution in [0, 0.1) is 0 Å². The lowest BCUT2D eigenvalue weighted by molar-refractivity contribution is 0.226. The third kappa shape index (κ3) is 3.35. The summed E-state index contributed by atoms with van der Waals surface area (Å²) in [5, 5.41) is 0. The van der Waals surface area contributed by atoms with Crippen LogP contribution in [0.15, 0.2) is 4.99 Å². The number of carbonyl (C=O) groups excluding carboxylic acids is 2. The Balaban J connectivity index is 5.06. The molecule has 0 fully saturated rings. The first kappa shape index (κ1) is 11.8. The van der Waals surface area contributed by atoms with Gasteiger partial charge in [0.2, 0.25) is 16.1 Å². The Kier molecular flexibility index (Phi) is 3.77. The van der Waals surface area contributed by atoms with Gasteiger partial charge in [0.05, 0.1) is 6.26 Å². The number of amides is 2. The van der Waals surface area contributed by atoms with Crippen molar-refractivity contribution in [3.05, 3.63) is 0 Å². The predicted molar refractivity (Wildman–Crippen MR) is 45.3 cm³/mol. The normalized spacial score (nSPS) is 10.8. The van der Waals surface area contributed by atoms with E-state index in [-0.39, 0.29) is 0 Å². The van der Waals surface area contributed by atoms with Crippen LogP contribution in [-0.4, -0.2) is 37.1 Å². The van der Waals surface area contributed by atoms with E-state index in [0.29, 0.717) is 4.31 Å². The molecule has 6 nitrogen and oxygen atoms in total. The molecule has 0 radical (unpaired) electrons. The van der Waals surface area contributed by atoms with E-state index in [1.165, 1.54) is 13.8 Å². The van der Waals surface area contributed by atoms with Crippen molar-refractivity contribution in [2.45, 2.75) is 19.9 Å². The lowest BCUT2D eigenvalue weighted by atomic mass is 10.4. The first-order chi connectivity index (χ1) is 5.80. The van der Waals surface area contributed by atoms with Crippen molar-refractivity contribution < 1.29 is 18.0 Å². The van der Waals surface area contributed by atoms with Crippen LogP contribution >= 0.6 is 0 Å². The lowest BCUT2D eigenvalue weighted by Gasteiger charge is -2.20. The molecule has 0 aromatic carbocycles. The van der Waals surface area contributed by atoms with Crippen molar-refractivity contribution in [2.75, 3.05) is 6.26 Å². The van der Waals surface area contributed by atoms with Crippen molar-refractivity contribution in [1.82, 2.24) is 4.31 Å². The maximum Gasteiger partial charge on any atom is 0.368 e. The van der Waals surface area contributed by atoms with E-state index in [9.17, 15) is 18.0 Å². The van der Waals surface area contributed by atoms with Gasteiger partial charge in [-0.15, -0.1) is 4.99 Å². The summed E-state index contributed by atoms with van der Waals surface area (Å²) in [6.07, 6.45) is 1.86. The number of nitrogens with zero attached hydrogens (tertiary/aromatic N) is 2. The molecule has 0 bridgehead atoms. The fourth-order valence-electron chi connectivity index (χ4n) is 0.834. The summed E-state index contributed by atoms with van der Waals surface area (Å²) in [4.78, 5) is 23.4. The second-order valence-corrected chi connectivity index (χ2v) is 4.50. The van der Waals surface area contributed by atoms with Crippen LogP contribution in [0.5, 0.6) is 0 Å². The second-order valence-electron chi connectivity index (χ2n) is 2.64. The van der Waals surface area contributed by atoms with Gasteiger partial charge in [-0.2, -0.15) is 0 Å². The summed E-state index contributed by atoms with van der Waals surface area (Å²) in [6.45, 7) is 3.00. The fraction of sp³-hybridized carbons (Fsp3) is 0.667. The Morgan fingerprint density at radius 3 is 2.15 bits per heavy atom. The van der Waals surface area contributed by atoms with Crippen molar-refractivity contribution in [3.63, 3.8) is 0 Å². The maximum atomic E-state index is 11.0. The highest BCUT2D eigenvalue weighted by Crippen LogP contribution is 2.06. The molecule has 0 aliphatic heterocycles. The molecule has 74 valence electrons. The first-order valence-electron chi connectivity index (χ1n) is 3.42. The van der Waals surface area contributed by atoms with Crippen LogP contribution in [-0.2, 0) is 14.8 Å². The smallest absolute Gasteiger partial charge is 0.244 e. The molecule has 0 N–H and O–H groups in total. The number of carbonyl (C=O) groups is 1. The standard InChI is InChI=1S/C6H10N2O4S/c1-5(2)8(13(3,11)12)6(10)7-4-9/h5H,1-3H3. The lowest BCUT2D eigenvalue weighted by Crippen LogP contribution is -2.39. The molecule has 0 saturated carbocycles. The van der Waals surface area contributed by atoms with E-state index < -0.39 is 22.1 Å². The Bertz CT molecular complexity index is 340. The monoisotopic (exact) mass is 206 g/mol. The Hall–Kier alpha value is -1.20. The van der Waals surface area contributed by atoms with Gasteiger partial charge >= 0.3 is 6.03 Å². The number of rotatable bonds is 2. The van der Waals surface area contributed by atoms with E-state index in [1.807, 2.05) is 0 Å². The number of aliphatic imine (C=N–C) groups is 1. The molecule has 0 aromatic heterocycles. The van der Waals surface area contributed by atoms with Gasteiger partial charge in [-0.3, -0.25) is 0 Å². The molecule has 0 saturated heterocycles. The molecular formula is C6H10N2O4S. The van der Waals surface area contributed by atoms with Crippen LogP contribution < -0.4 is 0 Å². The highest BCUT2D eigenvalue weighted by molar-refractivity contribution is 7.88. The van der Waals surface area contributed by atoms with Crippen LogP contribution in [0.3, 0.4) is 0 Å².